The van der Waals surface area contributed by atoms with Gasteiger partial charge in [0.05, 0.1) is 0 Å². The van der Waals surface area contributed by atoms with Crippen LogP contribution in [-0.2, 0) is 0 Å². The van der Waals surface area contributed by atoms with E-state index in [1.807, 2.05) is 30.4 Å². The van der Waals surface area contributed by atoms with Crippen LogP contribution in [0, 0.1) is 0 Å². The zero-order valence-corrected chi connectivity index (χ0v) is 7.40. The van der Waals surface area contributed by atoms with Crippen molar-refractivity contribution in [1.29, 1.82) is 0 Å². The van der Waals surface area contributed by atoms with Crippen molar-refractivity contribution in [2.45, 2.75) is 0 Å². The fourth-order valence-corrected chi connectivity index (χ4v) is 1.49. The van der Waals surface area contributed by atoms with Crippen LogP contribution in [0.4, 0.5) is 0 Å². The molecule has 1 heteroatoms. The lowest BCUT2D eigenvalue weighted by atomic mass is 9.94. The SMILES string of the molecule is C=C1C(=S)C=Cc2ccccc21. The van der Waals surface area contributed by atoms with Crippen molar-refractivity contribution < 1.29 is 0 Å². The smallest absolute Gasteiger partial charge is 0.0449 e. The van der Waals surface area contributed by atoms with Crippen molar-refractivity contribution in [3.63, 3.8) is 0 Å². The van der Waals surface area contributed by atoms with Crippen molar-refractivity contribution >= 4 is 28.7 Å². The fraction of sp³-hybridized carbons (Fsp3) is 0. The zero-order chi connectivity index (χ0) is 8.55. The van der Waals surface area contributed by atoms with Crippen LogP contribution in [0.15, 0.2) is 36.9 Å². The third-order valence-corrected chi connectivity index (χ3v) is 2.38. The second kappa shape index (κ2) is 2.68. The van der Waals surface area contributed by atoms with Crippen LogP contribution in [-0.4, -0.2) is 4.86 Å². The molecule has 1 aliphatic carbocycles. The molecule has 0 amide bonds. The maximum atomic E-state index is 5.12. The molecule has 0 saturated carbocycles. The molecule has 1 aromatic carbocycles. The van der Waals surface area contributed by atoms with Crippen molar-refractivity contribution in [2.24, 2.45) is 0 Å². The Balaban J connectivity index is 2.67. The normalized spacial score (nSPS) is 14.7. The Hall–Kier alpha value is -1.21. The lowest BCUT2D eigenvalue weighted by Crippen LogP contribution is -2.00. The summed E-state index contributed by atoms with van der Waals surface area (Å²) in [5, 5.41) is 0. The van der Waals surface area contributed by atoms with Crippen LogP contribution < -0.4 is 0 Å². The zero-order valence-electron chi connectivity index (χ0n) is 6.58. The molecule has 0 unspecified atom stereocenters. The second-order valence-electron chi connectivity index (χ2n) is 2.76. The number of allylic oxidation sites excluding steroid dienone is 2. The molecule has 0 N–H and O–H groups in total. The number of fused-ring (bicyclic) bond motifs is 1. The molecule has 2 rings (SSSR count). The summed E-state index contributed by atoms with van der Waals surface area (Å²) in [7, 11) is 0. The number of thiocarbonyl (C=S) groups is 1. The Morgan fingerprint density at radius 2 is 1.83 bits per heavy atom. The topological polar surface area (TPSA) is 0 Å². The fourth-order valence-electron chi connectivity index (χ4n) is 1.32. The van der Waals surface area contributed by atoms with E-state index in [9.17, 15) is 0 Å². The van der Waals surface area contributed by atoms with Gasteiger partial charge >= 0.3 is 0 Å². The summed E-state index contributed by atoms with van der Waals surface area (Å²) >= 11 is 5.12. The molecule has 58 valence electrons. The van der Waals surface area contributed by atoms with E-state index >= 15 is 0 Å². The van der Waals surface area contributed by atoms with Crippen molar-refractivity contribution in [3.8, 4) is 0 Å². The molecule has 1 aliphatic rings. The standard InChI is InChI=1S/C11H8S/c1-8-10-5-3-2-4-9(10)6-7-11(8)12/h2-7H,1H2. The van der Waals surface area contributed by atoms with Gasteiger partial charge in [0.1, 0.15) is 0 Å². The minimum atomic E-state index is 0.841. The molecule has 12 heavy (non-hydrogen) atoms. The lowest BCUT2D eigenvalue weighted by molar-refractivity contribution is 1.59. The molecule has 0 saturated heterocycles. The third-order valence-electron chi connectivity index (χ3n) is 2.00. The van der Waals surface area contributed by atoms with E-state index in [0.717, 1.165) is 16.0 Å². The molecule has 1 aromatic rings. The summed E-state index contributed by atoms with van der Waals surface area (Å²) in [5.74, 6) is 0. The summed E-state index contributed by atoms with van der Waals surface area (Å²) in [4.78, 5) is 0.841. The van der Waals surface area contributed by atoms with Gasteiger partial charge in [-0.3, -0.25) is 0 Å². The van der Waals surface area contributed by atoms with Gasteiger partial charge in [-0.05, 0) is 22.8 Å². The van der Waals surface area contributed by atoms with E-state index in [1.165, 1.54) is 5.56 Å². The number of hydrogen-bond donors (Lipinski definition) is 0. The summed E-state index contributed by atoms with van der Waals surface area (Å²) in [6.07, 6.45) is 3.96. The summed E-state index contributed by atoms with van der Waals surface area (Å²) in [6.45, 7) is 3.94. The van der Waals surface area contributed by atoms with E-state index in [0.29, 0.717) is 0 Å². The van der Waals surface area contributed by atoms with Crippen LogP contribution in [0.25, 0.3) is 11.6 Å². The van der Waals surface area contributed by atoms with Gasteiger partial charge in [0, 0.05) is 4.86 Å². The molecular weight excluding hydrogens is 164 g/mol. The predicted molar refractivity (Wildman–Crippen MR) is 57.1 cm³/mol. The van der Waals surface area contributed by atoms with Gasteiger partial charge < -0.3 is 0 Å². The van der Waals surface area contributed by atoms with Gasteiger partial charge in [-0.25, -0.2) is 0 Å². The quantitative estimate of drug-likeness (QED) is 0.428. The first-order valence-corrected chi connectivity index (χ1v) is 4.20. The molecule has 0 heterocycles. The van der Waals surface area contributed by atoms with Crippen LogP contribution >= 0.6 is 12.2 Å². The third kappa shape index (κ3) is 1.03. The van der Waals surface area contributed by atoms with E-state index in [4.69, 9.17) is 12.2 Å². The van der Waals surface area contributed by atoms with Crippen molar-refractivity contribution in [1.82, 2.24) is 0 Å². The molecule has 0 aromatic heterocycles. The maximum absolute atomic E-state index is 5.12. The van der Waals surface area contributed by atoms with Gasteiger partial charge in [0.2, 0.25) is 0 Å². The largest absolute Gasteiger partial charge is 0.0897 e. The number of hydrogen-bond acceptors (Lipinski definition) is 1. The van der Waals surface area contributed by atoms with Gasteiger partial charge in [0.15, 0.2) is 0 Å². The first-order valence-electron chi connectivity index (χ1n) is 3.80. The summed E-state index contributed by atoms with van der Waals surface area (Å²) in [6, 6.07) is 8.14. The Morgan fingerprint density at radius 3 is 2.67 bits per heavy atom. The molecule has 0 spiro atoms. The molecule has 0 fully saturated rings. The van der Waals surface area contributed by atoms with Crippen molar-refractivity contribution in [3.05, 3.63) is 48.0 Å². The predicted octanol–water partition coefficient (Wildman–Crippen LogP) is 3.10. The van der Waals surface area contributed by atoms with E-state index < -0.39 is 0 Å². The van der Waals surface area contributed by atoms with Gasteiger partial charge in [-0.15, -0.1) is 0 Å². The Kier molecular flexibility index (Phi) is 1.66. The molecule has 0 radical (unpaired) electrons. The molecular formula is C11H8S. The molecule has 0 bridgehead atoms. The maximum Gasteiger partial charge on any atom is 0.0449 e. The van der Waals surface area contributed by atoms with Crippen LogP contribution in [0.5, 0.6) is 0 Å². The lowest BCUT2D eigenvalue weighted by Gasteiger charge is -2.12. The highest BCUT2D eigenvalue weighted by atomic mass is 32.1. The van der Waals surface area contributed by atoms with Crippen LogP contribution in [0.1, 0.15) is 11.1 Å². The minimum absolute atomic E-state index is 0.841. The molecule has 0 atom stereocenters. The Bertz CT molecular complexity index is 386. The summed E-state index contributed by atoms with van der Waals surface area (Å²) < 4.78 is 0. The second-order valence-corrected chi connectivity index (χ2v) is 3.20. The van der Waals surface area contributed by atoms with Crippen LogP contribution in [0.2, 0.25) is 0 Å². The number of benzene rings is 1. The highest BCUT2D eigenvalue weighted by Gasteiger charge is 2.10. The average molecular weight is 172 g/mol. The Labute approximate surface area is 77.2 Å². The van der Waals surface area contributed by atoms with E-state index in [2.05, 4.69) is 12.6 Å². The van der Waals surface area contributed by atoms with Gasteiger partial charge in [-0.1, -0.05) is 49.1 Å². The number of rotatable bonds is 0. The van der Waals surface area contributed by atoms with Crippen molar-refractivity contribution in [2.75, 3.05) is 0 Å². The van der Waals surface area contributed by atoms with E-state index in [-0.39, 0.29) is 0 Å². The monoisotopic (exact) mass is 172 g/mol. The van der Waals surface area contributed by atoms with E-state index in [1.54, 1.807) is 0 Å². The highest BCUT2D eigenvalue weighted by Crippen LogP contribution is 2.25. The first-order chi connectivity index (χ1) is 5.79. The molecule has 0 aliphatic heterocycles. The van der Waals surface area contributed by atoms with Gasteiger partial charge in [0.25, 0.3) is 0 Å². The first kappa shape index (κ1) is 7.44. The average Bonchev–Trinajstić information content (AvgIpc) is 2.12. The summed E-state index contributed by atoms with van der Waals surface area (Å²) in [5.41, 5.74) is 3.32. The Morgan fingerprint density at radius 1 is 1.08 bits per heavy atom. The molecule has 0 nitrogen and oxygen atoms in total. The van der Waals surface area contributed by atoms with Crippen LogP contribution in [0.3, 0.4) is 0 Å². The van der Waals surface area contributed by atoms with Gasteiger partial charge in [-0.2, -0.15) is 0 Å². The highest BCUT2D eigenvalue weighted by molar-refractivity contribution is 7.81. The minimum Gasteiger partial charge on any atom is -0.0897 e.